The van der Waals surface area contributed by atoms with Crippen molar-refractivity contribution in [3.05, 3.63) is 53.0 Å². The number of benzene rings is 2. The highest BCUT2D eigenvalue weighted by molar-refractivity contribution is 6.02. The van der Waals surface area contributed by atoms with Gasteiger partial charge in [-0.2, -0.15) is 5.10 Å². The van der Waals surface area contributed by atoms with E-state index in [4.69, 9.17) is 9.47 Å². The van der Waals surface area contributed by atoms with E-state index in [1.54, 1.807) is 24.3 Å². The third kappa shape index (κ3) is 3.03. The Labute approximate surface area is 142 Å². The number of fused-ring (bicyclic) bond motifs is 1. The lowest BCUT2D eigenvalue weighted by molar-refractivity contribution is 0.0693. The number of carbonyl (C=O) groups is 1. The molecule has 0 saturated heterocycles. The number of nitrogens with zero attached hydrogens (tertiary/aromatic N) is 1. The summed E-state index contributed by atoms with van der Waals surface area (Å²) in [5.74, 6) is -1.18. The minimum atomic E-state index is -1.09. The number of carboxylic acid groups (broad SMARTS) is 1. The summed E-state index contributed by atoms with van der Waals surface area (Å²) in [6.07, 6.45) is 3.33. The molecule has 0 unspecified atom stereocenters. The van der Waals surface area contributed by atoms with Gasteiger partial charge in [-0.25, -0.2) is 9.18 Å². The number of hydrogen-bond donors (Lipinski definition) is 2. The Balaban J connectivity index is 2.05. The number of aromatic amines is 1. The number of carboxylic acids is 1. The highest BCUT2D eigenvalue weighted by Crippen LogP contribution is 2.32. The maximum atomic E-state index is 13.8. The van der Waals surface area contributed by atoms with Crippen LogP contribution < -0.4 is 9.47 Å². The van der Waals surface area contributed by atoms with Gasteiger partial charge in [0.15, 0.2) is 11.6 Å². The standard InChI is InChI=1S/C18H15FN2O4/c1-24-15-8-4-10(9-12(15)19)3-6-13-16-14(21-20-13)7-5-11(18(22)23)17(16)25-2/h3-9H,1-2H3,(H,20,21)(H,22,23). The van der Waals surface area contributed by atoms with Crippen LogP contribution in [-0.4, -0.2) is 35.5 Å². The summed E-state index contributed by atoms with van der Waals surface area (Å²) < 4.78 is 23.9. The molecule has 6 nitrogen and oxygen atoms in total. The number of halogens is 1. The van der Waals surface area contributed by atoms with Crippen LogP contribution in [0.4, 0.5) is 4.39 Å². The quantitative estimate of drug-likeness (QED) is 0.740. The summed E-state index contributed by atoms with van der Waals surface area (Å²) in [5.41, 5.74) is 1.79. The predicted octanol–water partition coefficient (Wildman–Crippen LogP) is 3.59. The van der Waals surface area contributed by atoms with E-state index in [1.165, 1.54) is 32.4 Å². The van der Waals surface area contributed by atoms with Gasteiger partial charge in [-0.15, -0.1) is 0 Å². The summed E-state index contributed by atoms with van der Waals surface area (Å²) in [5, 5.41) is 16.8. The molecule has 25 heavy (non-hydrogen) atoms. The zero-order chi connectivity index (χ0) is 18.0. The van der Waals surface area contributed by atoms with Crippen LogP contribution in [-0.2, 0) is 0 Å². The lowest BCUT2D eigenvalue weighted by Gasteiger charge is -2.06. The van der Waals surface area contributed by atoms with Gasteiger partial charge in [0.25, 0.3) is 0 Å². The smallest absolute Gasteiger partial charge is 0.339 e. The number of nitrogens with one attached hydrogen (secondary N) is 1. The first-order valence-corrected chi connectivity index (χ1v) is 7.35. The van der Waals surface area contributed by atoms with E-state index in [0.717, 1.165) is 0 Å². The molecule has 0 saturated carbocycles. The van der Waals surface area contributed by atoms with E-state index < -0.39 is 11.8 Å². The lowest BCUT2D eigenvalue weighted by Crippen LogP contribution is -2.00. The normalized spacial score (nSPS) is 11.2. The average molecular weight is 342 g/mol. The highest BCUT2D eigenvalue weighted by atomic mass is 19.1. The maximum absolute atomic E-state index is 13.8. The van der Waals surface area contributed by atoms with E-state index in [2.05, 4.69) is 10.2 Å². The molecule has 0 spiro atoms. The summed E-state index contributed by atoms with van der Waals surface area (Å²) in [6.45, 7) is 0. The zero-order valence-corrected chi connectivity index (χ0v) is 13.5. The van der Waals surface area contributed by atoms with Crippen LogP contribution in [0.5, 0.6) is 11.5 Å². The van der Waals surface area contributed by atoms with Gasteiger partial charge >= 0.3 is 5.97 Å². The zero-order valence-electron chi connectivity index (χ0n) is 13.5. The maximum Gasteiger partial charge on any atom is 0.339 e. The Morgan fingerprint density at radius 1 is 1.20 bits per heavy atom. The molecule has 1 heterocycles. The molecule has 7 heteroatoms. The number of rotatable bonds is 5. The van der Waals surface area contributed by atoms with Crippen molar-refractivity contribution in [2.75, 3.05) is 14.2 Å². The first-order valence-electron chi connectivity index (χ1n) is 7.35. The van der Waals surface area contributed by atoms with Crippen LogP contribution in [0.15, 0.2) is 30.3 Å². The fourth-order valence-corrected chi connectivity index (χ4v) is 2.57. The van der Waals surface area contributed by atoms with Gasteiger partial charge < -0.3 is 14.6 Å². The molecular formula is C18H15FN2O4. The Bertz CT molecular complexity index is 979. The van der Waals surface area contributed by atoms with Gasteiger partial charge in [-0.3, -0.25) is 5.10 Å². The van der Waals surface area contributed by atoms with Gasteiger partial charge in [-0.1, -0.05) is 12.1 Å². The van der Waals surface area contributed by atoms with Gasteiger partial charge in [0.1, 0.15) is 11.3 Å². The Morgan fingerprint density at radius 2 is 2.00 bits per heavy atom. The van der Waals surface area contributed by atoms with E-state index in [-0.39, 0.29) is 17.1 Å². The second kappa shape index (κ2) is 6.64. The Kier molecular flexibility index (Phi) is 4.38. The van der Waals surface area contributed by atoms with Crippen molar-refractivity contribution in [3.63, 3.8) is 0 Å². The lowest BCUT2D eigenvalue weighted by atomic mass is 10.1. The Hall–Kier alpha value is -3.35. The molecule has 0 fully saturated rings. The summed E-state index contributed by atoms with van der Waals surface area (Å²) in [6, 6.07) is 7.64. The molecule has 2 N–H and O–H groups in total. The van der Waals surface area contributed by atoms with Crippen molar-refractivity contribution < 1.29 is 23.8 Å². The molecule has 3 rings (SSSR count). The monoisotopic (exact) mass is 342 g/mol. The number of hydrogen-bond acceptors (Lipinski definition) is 4. The first kappa shape index (κ1) is 16.5. The van der Waals surface area contributed by atoms with Crippen LogP contribution in [0.3, 0.4) is 0 Å². The summed E-state index contributed by atoms with van der Waals surface area (Å²) in [7, 11) is 2.80. The van der Waals surface area contributed by atoms with Gasteiger partial charge in [0.05, 0.1) is 30.8 Å². The van der Waals surface area contributed by atoms with Gasteiger partial charge in [-0.05, 0) is 35.9 Å². The third-order valence-corrected chi connectivity index (χ3v) is 3.75. The molecule has 0 atom stereocenters. The predicted molar refractivity (Wildman–Crippen MR) is 91.5 cm³/mol. The molecule has 0 aliphatic carbocycles. The number of methoxy groups -OCH3 is 2. The topological polar surface area (TPSA) is 84.4 Å². The molecule has 2 aromatic carbocycles. The molecule has 0 radical (unpaired) electrons. The molecule has 0 amide bonds. The first-order chi connectivity index (χ1) is 12.0. The van der Waals surface area contributed by atoms with Crippen molar-refractivity contribution in [3.8, 4) is 11.5 Å². The fraction of sp³-hybridized carbons (Fsp3) is 0.111. The third-order valence-electron chi connectivity index (χ3n) is 3.75. The highest BCUT2D eigenvalue weighted by Gasteiger charge is 2.18. The fourth-order valence-electron chi connectivity index (χ4n) is 2.57. The number of H-pyrrole nitrogens is 1. The van der Waals surface area contributed by atoms with Gasteiger partial charge in [0, 0.05) is 0 Å². The van der Waals surface area contributed by atoms with Gasteiger partial charge in [0.2, 0.25) is 0 Å². The largest absolute Gasteiger partial charge is 0.495 e. The molecule has 3 aromatic rings. The molecule has 128 valence electrons. The average Bonchev–Trinajstić information content (AvgIpc) is 3.02. The van der Waals surface area contributed by atoms with E-state index in [9.17, 15) is 14.3 Å². The second-order valence-corrected chi connectivity index (χ2v) is 5.21. The van der Waals surface area contributed by atoms with Crippen LogP contribution in [0.2, 0.25) is 0 Å². The molecule has 1 aromatic heterocycles. The number of ether oxygens (including phenoxy) is 2. The molecule has 0 aliphatic rings. The van der Waals surface area contributed by atoms with Crippen molar-refractivity contribution in [2.45, 2.75) is 0 Å². The Morgan fingerprint density at radius 3 is 2.64 bits per heavy atom. The molecule has 0 aliphatic heterocycles. The molecule has 0 bridgehead atoms. The van der Waals surface area contributed by atoms with Crippen LogP contribution in [0, 0.1) is 5.82 Å². The van der Waals surface area contributed by atoms with Crippen LogP contribution in [0.25, 0.3) is 23.1 Å². The van der Waals surface area contributed by atoms with Crippen LogP contribution in [0.1, 0.15) is 21.6 Å². The van der Waals surface area contributed by atoms with Crippen molar-refractivity contribution >= 4 is 29.0 Å². The van der Waals surface area contributed by atoms with E-state index >= 15 is 0 Å². The van der Waals surface area contributed by atoms with Crippen molar-refractivity contribution in [1.29, 1.82) is 0 Å². The van der Waals surface area contributed by atoms with E-state index in [0.29, 0.717) is 22.2 Å². The van der Waals surface area contributed by atoms with Crippen molar-refractivity contribution in [1.82, 2.24) is 10.2 Å². The van der Waals surface area contributed by atoms with Crippen LogP contribution >= 0.6 is 0 Å². The number of aromatic nitrogens is 2. The minimum Gasteiger partial charge on any atom is -0.495 e. The second-order valence-electron chi connectivity index (χ2n) is 5.21. The minimum absolute atomic E-state index is 0.0431. The molecular weight excluding hydrogens is 327 g/mol. The van der Waals surface area contributed by atoms with Crippen molar-refractivity contribution in [2.24, 2.45) is 0 Å². The number of aromatic carboxylic acids is 1. The van der Waals surface area contributed by atoms with E-state index in [1.807, 2.05) is 0 Å². The summed E-state index contributed by atoms with van der Waals surface area (Å²) >= 11 is 0. The summed E-state index contributed by atoms with van der Waals surface area (Å²) in [4.78, 5) is 11.4. The SMILES string of the molecule is COc1ccc(C=Cc2n[nH]c3ccc(C(=O)O)c(OC)c23)cc1F.